The molecule has 0 radical (unpaired) electrons. The van der Waals surface area contributed by atoms with E-state index in [1.165, 1.54) is 22.4 Å². The second kappa shape index (κ2) is 14.6. The molecule has 3 N–H and O–H groups in total. The molecule has 2 aromatic rings. The van der Waals surface area contributed by atoms with Crippen LogP contribution in [-0.2, 0) is 22.4 Å². The lowest BCUT2D eigenvalue weighted by atomic mass is 10.1. The number of amides is 3. The van der Waals surface area contributed by atoms with Gasteiger partial charge in [-0.05, 0) is 48.6 Å². The number of aldehydes is 1. The fourth-order valence-corrected chi connectivity index (χ4v) is 4.96. The van der Waals surface area contributed by atoms with Crippen LogP contribution in [0.1, 0.15) is 41.3 Å². The van der Waals surface area contributed by atoms with Gasteiger partial charge in [0.2, 0.25) is 11.8 Å². The van der Waals surface area contributed by atoms with Gasteiger partial charge in [0.25, 0.3) is 5.24 Å². The number of nitrogens with zero attached hydrogens (tertiary/aromatic N) is 1. The van der Waals surface area contributed by atoms with E-state index in [0.717, 1.165) is 37.1 Å². The molecule has 1 heterocycles. The number of hydrogen-bond donors (Lipinski definition) is 3. The van der Waals surface area contributed by atoms with Crippen molar-refractivity contribution in [2.24, 2.45) is 0 Å². The first-order valence-corrected chi connectivity index (χ1v) is 13.3. The highest BCUT2D eigenvalue weighted by molar-refractivity contribution is 8.15. The highest BCUT2D eigenvalue weighted by Gasteiger charge is 2.39. The molecule has 1 aliphatic heterocycles. The average Bonchev–Trinajstić information content (AvgIpc) is 3.13. The second-order valence-electron chi connectivity index (χ2n) is 7.61. The van der Waals surface area contributed by atoms with Gasteiger partial charge in [-0.1, -0.05) is 54.9 Å². The number of aryl methyl sites for hydroxylation is 1. The summed E-state index contributed by atoms with van der Waals surface area (Å²) in [7, 11) is 1.00. The van der Waals surface area contributed by atoms with Gasteiger partial charge in [0.1, 0.15) is 0 Å². The van der Waals surface area contributed by atoms with E-state index in [-0.39, 0.29) is 30.0 Å². The van der Waals surface area contributed by atoms with Crippen molar-refractivity contribution in [3.63, 3.8) is 0 Å². The van der Waals surface area contributed by atoms with Crippen LogP contribution in [0.4, 0.5) is 16.2 Å². The number of benzene rings is 2. The molecule has 0 bridgehead atoms. The molecule has 0 aromatic heterocycles. The van der Waals surface area contributed by atoms with Crippen molar-refractivity contribution < 1.29 is 24.3 Å². The molecule has 8 nitrogen and oxygen atoms in total. The van der Waals surface area contributed by atoms with Crippen LogP contribution in [0.3, 0.4) is 0 Å². The number of aliphatic hydroxyl groups excluding tert-OH is 1. The molecule has 3 rings (SSSR count). The highest BCUT2D eigenvalue weighted by Crippen LogP contribution is 2.30. The normalized spacial score (nSPS) is 14.9. The molecule has 35 heavy (non-hydrogen) atoms. The lowest BCUT2D eigenvalue weighted by Gasteiger charge is -2.14. The molecular weight excluding hydrogens is 486 g/mol. The summed E-state index contributed by atoms with van der Waals surface area (Å²) in [6, 6.07) is 13.1. The maximum Gasteiger partial charge on any atom is 0.289 e. The third kappa shape index (κ3) is 8.12. The fraction of sp³-hybridized carbons (Fsp3) is 0.360. The lowest BCUT2D eigenvalue weighted by Crippen LogP contribution is -2.33. The van der Waals surface area contributed by atoms with E-state index >= 15 is 0 Å². The predicted molar refractivity (Wildman–Crippen MR) is 143 cm³/mol. The van der Waals surface area contributed by atoms with Crippen LogP contribution in [0.15, 0.2) is 42.5 Å². The maximum absolute atomic E-state index is 12.7. The first-order chi connectivity index (χ1) is 16.9. The third-order valence-corrected chi connectivity index (χ3v) is 6.82. The zero-order valence-corrected chi connectivity index (χ0v) is 21.7. The number of hydrogen-bond acceptors (Lipinski definition) is 8. The fourth-order valence-electron chi connectivity index (χ4n) is 3.51. The largest absolute Gasteiger partial charge is 0.400 e. The lowest BCUT2D eigenvalue weighted by molar-refractivity contribution is -0.127. The van der Waals surface area contributed by atoms with E-state index in [1.807, 2.05) is 30.5 Å². The smallest absolute Gasteiger partial charge is 0.289 e. The van der Waals surface area contributed by atoms with Crippen LogP contribution in [-0.4, -0.2) is 58.5 Å². The summed E-state index contributed by atoms with van der Waals surface area (Å²) in [4.78, 5) is 49.8. The van der Waals surface area contributed by atoms with E-state index < -0.39 is 5.25 Å². The topological polar surface area (TPSA) is 116 Å². The van der Waals surface area contributed by atoms with Gasteiger partial charge in [-0.3, -0.25) is 24.1 Å². The Balaban J connectivity index is 0.00000210. The van der Waals surface area contributed by atoms with Crippen molar-refractivity contribution in [3.8, 4) is 0 Å². The zero-order valence-electron chi connectivity index (χ0n) is 20.1. The predicted octanol–water partition coefficient (Wildman–Crippen LogP) is 4.39. The van der Waals surface area contributed by atoms with Gasteiger partial charge in [0, 0.05) is 37.6 Å². The second-order valence-corrected chi connectivity index (χ2v) is 9.38. The summed E-state index contributed by atoms with van der Waals surface area (Å²) in [6.07, 6.45) is 4.61. The quantitative estimate of drug-likeness (QED) is 0.297. The van der Waals surface area contributed by atoms with Crippen molar-refractivity contribution >= 4 is 58.4 Å². The van der Waals surface area contributed by atoms with E-state index in [2.05, 4.69) is 17.0 Å². The molecule has 1 atom stereocenters. The van der Waals surface area contributed by atoms with Crippen molar-refractivity contribution in [2.45, 2.75) is 37.9 Å². The van der Waals surface area contributed by atoms with Gasteiger partial charge >= 0.3 is 0 Å². The van der Waals surface area contributed by atoms with E-state index in [1.54, 1.807) is 18.2 Å². The van der Waals surface area contributed by atoms with Gasteiger partial charge in [-0.15, -0.1) is 0 Å². The van der Waals surface area contributed by atoms with Crippen molar-refractivity contribution in [1.82, 2.24) is 4.90 Å². The Morgan fingerprint density at radius 2 is 1.83 bits per heavy atom. The van der Waals surface area contributed by atoms with E-state index in [4.69, 9.17) is 5.11 Å². The molecule has 188 valence electrons. The Bertz CT molecular complexity index is 1030. The summed E-state index contributed by atoms with van der Waals surface area (Å²) < 4.78 is 3.01. The minimum Gasteiger partial charge on any atom is -0.400 e. The molecule has 2 aromatic carbocycles. The Morgan fingerprint density at radius 3 is 2.46 bits per heavy atom. The zero-order chi connectivity index (χ0) is 25.8. The molecule has 1 unspecified atom stereocenters. The van der Waals surface area contributed by atoms with E-state index in [9.17, 15) is 19.2 Å². The number of rotatable bonds is 11. The number of anilines is 2. The third-order valence-electron chi connectivity index (χ3n) is 5.32. The standard InChI is InChI=1S/C24H27N3O4S2.CH4O/c1-3-16-6-8-17(9-7-16)13-21-23(30)27(24(31)33-21)12-4-5-22(29)25-19-11-10-18(15-28)20(14-19)26-32-2;1-2/h6-11,14-15,21,26H,3-5,12-13H2,1-2H3,(H,25,29);2H,1H3. The summed E-state index contributed by atoms with van der Waals surface area (Å²) in [5.74, 6) is -0.412. The molecule has 1 fully saturated rings. The van der Waals surface area contributed by atoms with Gasteiger partial charge in [-0.25, -0.2) is 0 Å². The molecule has 10 heteroatoms. The molecular formula is C25H31N3O5S2. The molecule has 0 saturated carbocycles. The molecule has 1 aliphatic rings. The van der Waals surface area contributed by atoms with Gasteiger partial charge in [0.15, 0.2) is 6.29 Å². The number of imide groups is 1. The van der Waals surface area contributed by atoms with E-state index in [0.29, 0.717) is 29.8 Å². The minimum atomic E-state index is -0.419. The summed E-state index contributed by atoms with van der Waals surface area (Å²) >= 11 is 2.41. The van der Waals surface area contributed by atoms with Crippen LogP contribution in [0, 0.1) is 0 Å². The van der Waals surface area contributed by atoms with Gasteiger partial charge < -0.3 is 15.1 Å². The number of thioether (sulfide) groups is 1. The molecule has 3 amide bonds. The highest BCUT2D eigenvalue weighted by atomic mass is 32.2. The summed E-state index contributed by atoms with van der Waals surface area (Å²) in [5, 5.41) is 9.12. The number of aliphatic hydroxyl groups is 1. The molecule has 0 aliphatic carbocycles. The minimum absolute atomic E-state index is 0.172. The van der Waals surface area contributed by atoms with Crippen molar-refractivity contribution in [3.05, 3.63) is 59.2 Å². The van der Waals surface area contributed by atoms with Crippen LogP contribution in [0.2, 0.25) is 0 Å². The maximum atomic E-state index is 12.7. The molecule has 1 saturated heterocycles. The van der Waals surface area contributed by atoms with Gasteiger partial charge in [0.05, 0.1) is 10.9 Å². The monoisotopic (exact) mass is 517 g/mol. The van der Waals surface area contributed by atoms with Crippen LogP contribution in [0.5, 0.6) is 0 Å². The Labute approximate surface area is 214 Å². The SMILES string of the molecule is CCc1ccc(CC2SC(=O)N(CCCC(=O)Nc3ccc(C=O)c(NSC)c3)C2=O)cc1.CO. The van der Waals surface area contributed by atoms with Gasteiger partial charge in [-0.2, -0.15) is 0 Å². The summed E-state index contributed by atoms with van der Waals surface area (Å²) in [5.41, 5.74) is 3.96. The van der Waals surface area contributed by atoms with Crippen LogP contribution < -0.4 is 10.0 Å². The van der Waals surface area contributed by atoms with Crippen molar-refractivity contribution in [1.29, 1.82) is 0 Å². The van der Waals surface area contributed by atoms with Crippen molar-refractivity contribution in [2.75, 3.05) is 29.9 Å². The number of carbonyl (C=O) groups excluding carboxylic acids is 4. The molecule has 0 spiro atoms. The Morgan fingerprint density at radius 1 is 1.14 bits per heavy atom. The van der Waals surface area contributed by atoms with Crippen LogP contribution in [0.25, 0.3) is 0 Å². The Hall–Kier alpha value is -2.82. The number of carbonyl (C=O) groups is 4. The average molecular weight is 518 g/mol. The number of nitrogens with one attached hydrogen (secondary N) is 2. The Kier molecular flexibility index (Phi) is 11.8. The first kappa shape index (κ1) is 28.4. The summed E-state index contributed by atoms with van der Waals surface area (Å²) in [6.45, 7) is 2.30. The van der Waals surface area contributed by atoms with Crippen LogP contribution >= 0.6 is 23.7 Å². The first-order valence-electron chi connectivity index (χ1n) is 11.2.